The van der Waals surface area contributed by atoms with Crippen LogP contribution < -0.4 is 4.72 Å². The summed E-state index contributed by atoms with van der Waals surface area (Å²) < 4.78 is 27.6. The van der Waals surface area contributed by atoms with Crippen molar-refractivity contribution >= 4 is 28.0 Å². The third-order valence-electron chi connectivity index (χ3n) is 5.23. The van der Waals surface area contributed by atoms with E-state index in [1.807, 2.05) is 25.9 Å². The number of ketones is 1. The van der Waals surface area contributed by atoms with Crippen LogP contribution in [0.2, 0.25) is 0 Å². The number of Topliss-reactive ketones (excluding diaryl/α,β-unsaturated/α-hetero) is 1. The van der Waals surface area contributed by atoms with Crippen molar-refractivity contribution in [3.63, 3.8) is 0 Å². The van der Waals surface area contributed by atoms with Crippen LogP contribution >= 0.6 is 0 Å². The summed E-state index contributed by atoms with van der Waals surface area (Å²) in [4.78, 5) is 15.4. The number of carbonyl (C=O) groups excluding carboxylic acids is 1. The van der Waals surface area contributed by atoms with Crippen molar-refractivity contribution in [3.05, 3.63) is 81.9 Å². The maximum Gasteiger partial charge on any atom is 0.211 e. The number of rotatable bonds is 12. The topological polar surface area (TPSA) is 114 Å². The van der Waals surface area contributed by atoms with Gasteiger partial charge in [0.15, 0.2) is 5.78 Å². The number of nitrogens with zero attached hydrogens (tertiary/aromatic N) is 3. The van der Waals surface area contributed by atoms with E-state index in [1.165, 1.54) is 0 Å². The molecule has 0 aromatic heterocycles. The lowest BCUT2D eigenvalue weighted by Crippen LogP contribution is -2.31. The summed E-state index contributed by atoms with van der Waals surface area (Å²) in [6.07, 6.45) is 4.32. The predicted molar refractivity (Wildman–Crippen MR) is 139 cm³/mol. The second-order valence-corrected chi connectivity index (χ2v) is 10.2. The van der Waals surface area contributed by atoms with Crippen LogP contribution in [-0.2, 0) is 14.8 Å². The van der Waals surface area contributed by atoms with Crippen LogP contribution in [0.3, 0.4) is 0 Å². The average Bonchev–Trinajstić information content (AvgIpc) is 2.85. The Kier molecular flexibility index (Phi) is 10.6. The maximum atomic E-state index is 13.5. The molecule has 0 amide bonds. The predicted octanol–water partition coefficient (Wildman–Crippen LogP) is 3.75. The Morgan fingerprint density at radius 1 is 0.914 bits per heavy atom. The molecule has 2 aromatic carbocycles. The molecule has 0 heterocycles. The number of hydrogen-bond donors (Lipinski definition) is 1. The summed E-state index contributed by atoms with van der Waals surface area (Å²) in [5, 5.41) is 18.0. The summed E-state index contributed by atoms with van der Waals surface area (Å²) in [5.41, 5.74) is 3.29. The molecule has 2 aromatic rings. The molecule has 0 aliphatic rings. The van der Waals surface area contributed by atoms with Gasteiger partial charge in [-0.05, 0) is 81.0 Å². The second-order valence-electron chi connectivity index (χ2n) is 8.29. The van der Waals surface area contributed by atoms with Gasteiger partial charge in [0.05, 0.1) is 29.0 Å². The van der Waals surface area contributed by atoms with E-state index >= 15 is 0 Å². The Hall–Kier alpha value is -3.56. The molecule has 0 radical (unpaired) electrons. The standard InChI is InChI=1S/C27H30N4O3S/c1-4-25(16-21-6-10-23(18-28)11-7-21)27(32)26(17-22-8-12-24(19-29)13-9-22)20-30-35(33,34)15-5-14-31(2)3/h6-13,16-17,30H,4-5,14-15,20H2,1-3H3/b25-16-,26-17+. The zero-order chi connectivity index (χ0) is 25.8. The van der Waals surface area contributed by atoms with Crippen molar-refractivity contribution in [2.24, 2.45) is 0 Å². The molecule has 182 valence electrons. The van der Waals surface area contributed by atoms with Crippen molar-refractivity contribution in [3.8, 4) is 12.1 Å². The molecule has 0 unspecified atom stereocenters. The highest BCUT2D eigenvalue weighted by Gasteiger charge is 2.18. The van der Waals surface area contributed by atoms with Crippen LogP contribution in [0.15, 0.2) is 59.7 Å². The largest absolute Gasteiger partial charge is 0.309 e. The molecule has 35 heavy (non-hydrogen) atoms. The number of nitriles is 2. The number of benzene rings is 2. The lowest BCUT2D eigenvalue weighted by Gasteiger charge is -2.13. The fourth-order valence-electron chi connectivity index (χ4n) is 3.27. The Bertz CT molecular complexity index is 1260. The van der Waals surface area contributed by atoms with Crippen molar-refractivity contribution in [2.45, 2.75) is 19.8 Å². The maximum absolute atomic E-state index is 13.5. The zero-order valence-corrected chi connectivity index (χ0v) is 21.1. The van der Waals surface area contributed by atoms with E-state index in [4.69, 9.17) is 10.5 Å². The normalized spacial score (nSPS) is 12.3. The van der Waals surface area contributed by atoms with E-state index in [1.54, 1.807) is 60.7 Å². The number of hydrogen-bond acceptors (Lipinski definition) is 6. The lowest BCUT2D eigenvalue weighted by molar-refractivity contribution is -0.112. The van der Waals surface area contributed by atoms with Gasteiger partial charge in [0.2, 0.25) is 10.0 Å². The van der Waals surface area contributed by atoms with Crippen molar-refractivity contribution in [1.29, 1.82) is 10.5 Å². The van der Waals surface area contributed by atoms with E-state index in [-0.39, 0.29) is 18.1 Å². The van der Waals surface area contributed by atoms with Gasteiger partial charge in [0.1, 0.15) is 0 Å². The minimum absolute atomic E-state index is 0.0365. The Balaban J connectivity index is 2.34. The molecule has 8 heteroatoms. The van der Waals surface area contributed by atoms with Crippen LogP contribution in [-0.4, -0.2) is 52.0 Å². The van der Waals surface area contributed by atoms with Crippen LogP contribution in [0.5, 0.6) is 0 Å². The van der Waals surface area contributed by atoms with Gasteiger partial charge < -0.3 is 4.90 Å². The fourth-order valence-corrected chi connectivity index (χ4v) is 4.30. The molecule has 0 aliphatic carbocycles. The van der Waals surface area contributed by atoms with Crippen LogP contribution in [0.25, 0.3) is 12.2 Å². The molecule has 0 saturated heterocycles. The first kappa shape index (κ1) is 27.7. The van der Waals surface area contributed by atoms with Crippen molar-refractivity contribution in [1.82, 2.24) is 9.62 Å². The van der Waals surface area contributed by atoms with E-state index in [0.717, 1.165) is 5.56 Å². The monoisotopic (exact) mass is 490 g/mol. The Labute approximate surface area is 208 Å². The highest BCUT2D eigenvalue weighted by Crippen LogP contribution is 2.18. The highest BCUT2D eigenvalue weighted by molar-refractivity contribution is 7.89. The third kappa shape index (κ3) is 9.30. The smallest absolute Gasteiger partial charge is 0.211 e. The van der Waals surface area contributed by atoms with E-state index in [0.29, 0.717) is 47.2 Å². The minimum Gasteiger partial charge on any atom is -0.309 e. The number of sulfonamides is 1. The van der Waals surface area contributed by atoms with Gasteiger partial charge in [-0.2, -0.15) is 10.5 Å². The summed E-state index contributed by atoms with van der Waals surface area (Å²) in [7, 11) is 0.187. The van der Waals surface area contributed by atoms with Gasteiger partial charge in [0, 0.05) is 17.7 Å². The molecule has 0 fully saturated rings. The van der Waals surface area contributed by atoms with E-state index in [2.05, 4.69) is 16.9 Å². The fraction of sp³-hybridized carbons (Fsp3) is 0.296. The molecular weight excluding hydrogens is 460 g/mol. The van der Waals surface area contributed by atoms with E-state index < -0.39 is 10.0 Å². The first-order chi connectivity index (χ1) is 16.7. The summed E-state index contributed by atoms with van der Waals surface area (Å²) >= 11 is 0. The van der Waals surface area contributed by atoms with Gasteiger partial charge in [-0.1, -0.05) is 31.2 Å². The van der Waals surface area contributed by atoms with E-state index in [9.17, 15) is 13.2 Å². The molecule has 0 spiro atoms. The number of allylic oxidation sites excluding steroid dienone is 1. The quantitative estimate of drug-likeness (QED) is 0.453. The molecule has 0 saturated carbocycles. The van der Waals surface area contributed by atoms with Crippen LogP contribution in [0, 0.1) is 22.7 Å². The molecular formula is C27H30N4O3S. The van der Waals surface area contributed by atoms with Crippen molar-refractivity contribution < 1.29 is 13.2 Å². The average molecular weight is 491 g/mol. The van der Waals surface area contributed by atoms with Gasteiger partial charge in [-0.15, -0.1) is 0 Å². The molecule has 7 nitrogen and oxygen atoms in total. The Morgan fingerprint density at radius 2 is 1.40 bits per heavy atom. The summed E-state index contributed by atoms with van der Waals surface area (Å²) in [5.74, 6) is -0.303. The molecule has 1 N–H and O–H groups in total. The summed E-state index contributed by atoms with van der Waals surface area (Å²) in [6, 6.07) is 17.7. The van der Waals surface area contributed by atoms with Gasteiger partial charge in [0.25, 0.3) is 0 Å². The first-order valence-electron chi connectivity index (χ1n) is 11.3. The summed E-state index contributed by atoms with van der Waals surface area (Å²) in [6.45, 7) is 2.35. The second kappa shape index (κ2) is 13.4. The van der Waals surface area contributed by atoms with Gasteiger partial charge >= 0.3 is 0 Å². The SMILES string of the molecule is CC/C(=C/c1ccc(C#N)cc1)C(=O)/C(=C/c1ccc(C#N)cc1)CNS(=O)(=O)CCCN(C)C. The van der Waals surface area contributed by atoms with Gasteiger partial charge in [-0.3, -0.25) is 4.79 Å². The molecule has 0 bridgehead atoms. The van der Waals surface area contributed by atoms with Crippen molar-refractivity contribution in [2.75, 3.05) is 32.9 Å². The Morgan fingerprint density at radius 3 is 1.83 bits per heavy atom. The minimum atomic E-state index is -3.57. The molecule has 2 rings (SSSR count). The number of carbonyl (C=O) groups is 1. The molecule has 0 aliphatic heterocycles. The first-order valence-corrected chi connectivity index (χ1v) is 12.9. The molecule has 0 atom stereocenters. The lowest BCUT2D eigenvalue weighted by atomic mass is 9.97. The van der Waals surface area contributed by atoms with Gasteiger partial charge in [-0.25, -0.2) is 13.1 Å². The third-order valence-corrected chi connectivity index (χ3v) is 6.64. The van der Waals surface area contributed by atoms with Crippen LogP contribution in [0.4, 0.5) is 0 Å². The highest BCUT2D eigenvalue weighted by atomic mass is 32.2. The zero-order valence-electron chi connectivity index (χ0n) is 20.3. The number of nitrogens with one attached hydrogen (secondary N) is 1. The van der Waals surface area contributed by atoms with Crippen LogP contribution in [0.1, 0.15) is 42.0 Å².